The molecule has 0 radical (unpaired) electrons. The lowest BCUT2D eigenvalue weighted by Crippen LogP contribution is -2.08. The van der Waals surface area contributed by atoms with Crippen LogP contribution in [0, 0.1) is 0 Å². The second-order valence-corrected chi connectivity index (χ2v) is 4.93. The molecule has 0 fully saturated rings. The Morgan fingerprint density at radius 2 is 2.14 bits per heavy atom. The minimum Gasteiger partial charge on any atom is -0.379 e. The zero-order valence-electron chi connectivity index (χ0n) is 12.1. The van der Waals surface area contributed by atoms with Gasteiger partial charge >= 0.3 is 0 Å². The molecule has 0 spiro atoms. The van der Waals surface area contributed by atoms with Crippen LogP contribution in [0.4, 0.5) is 5.69 Å². The van der Waals surface area contributed by atoms with E-state index in [0.717, 1.165) is 25.3 Å². The molecule has 2 aromatic heterocycles. The molecule has 0 aliphatic rings. The van der Waals surface area contributed by atoms with Crippen molar-refractivity contribution in [3.8, 4) is 0 Å². The number of imidazole rings is 1. The van der Waals surface area contributed by atoms with E-state index in [0.29, 0.717) is 0 Å². The van der Waals surface area contributed by atoms with Crippen molar-refractivity contribution in [3.05, 3.63) is 66.5 Å². The van der Waals surface area contributed by atoms with Crippen LogP contribution in [0.25, 0.3) is 0 Å². The third-order valence-electron chi connectivity index (χ3n) is 3.43. The van der Waals surface area contributed by atoms with E-state index < -0.39 is 0 Å². The third kappa shape index (κ3) is 3.31. The Morgan fingerprint density at radius 3 is 2.95 bits per heavy atom. The molecule has 108 valence electrons. The van der Waals surface area contributed by atoms with Gasteiger partial charge in [0.25, 0.3) is 0 Å². The Bertz CT molecular complexity index is 684. The van der Waals surface area contributed by atoms with E-state index >= 15 is 0 Å². The molecule has 0 atom stereocenters. The fraction of sp³-hybridized carbons (Fsp3) is 0.250. The van der Waals surface area contributed by atoms with Gasteiger partial charge in [-0.25, -0.2) is 4.98 Å². The molecule has 0 bridgehead atoms. The highest BCUT2D eigenvalue weighted by Gasteiger charge is 2.01. The highest BCUT2D eigenvalue weighted by molar-refractivity contribution is 5.46. The van der Waals surface area contributed by atoms with Crippen LogP contribution in [0.5, 0.6) is 0 Å². The number of aromatic nitrogens is 4. The summed E-state index contributed by atoms with van der Waals surface area (Å²) in [7, 11) is 0. The van der Waals surface area contributed by atoms with Crippen molar-refractivity contribution >= 4 is 5.69 Å². The van der Waals surface area contributed by atoms with Crippen LogP contribution in [0.2, 0.25) is 0 Å². The number of aryl methyl sites for hydroxylation is 1. The maximum absolute atomic E-state index is 4.28. The first-order chi connectivity index (χ1) is 10.3. The molecule has 3 rings (SSSR count). The number of hydrogen-bond donors (Lipinski definition) is 1. The predicted molar refractivity (Wildman–Crippen MR) is 83.0 cm³/mol. The van der Waals surface area contributed by atoms with Gasteiger partial charge in [0.05, 0.1) is 18.6 Å². The molecule has 0 unspecified atom stereocenters. The van der Waals surface area contributed by atoms with Gasteiger partial charge in [-0.3, -0.25) is 4.68 Å². The molecule has 21 heavy (non-hydrogen) atoms. The zero-order chi connectivity index (χ0) is 14.5. The normalized spacial score (nSPS) is 10.7. The van der Waals surface area contributed by atoms with E-state index in [4.69, 9.17) is 0 Å². The van der Waals surface area contributed by atoms with Gasteiger partial charge in [0.1, 0.15) is 0 Å². The molecular formula is C16H19N5. The smallest absolute Gasteiger partial charge is 0.0949 e. The maximum Gasteiger partial charge on any atom is 0.0949 e. The first-order valence-electron chi connectivity index (χ1n) is 7.14. The van der Waals surface area contributed by atoms with Crippen LogP contribution >= 0.6 is 0 Å². The second-order valence-electron chi connectivity index (χ2n) is 4.93. The molecule has 0 saturated carbocycles. The van der Waals surface area contributed by atoms with E-state index in [9.17, 15) is 0 Å². The summed E-state index contributed by atoms with van der Waals surface area (Å²) in [6.07, 6.45) is 7.45. The largest absolute Gasteiger partial charge is 0.379 e. The summed E-state index contributed by atoms with van der Waals surface area (Å²) in [6.45, 7) is 4.61. The van der Waals surface area contributed by atoms with E-state index in [-0.39, 0.29) is 0 Å². The van der Waals surface area contributed by atoms with Crippen LogP contribution in [-0.2, 0) is 19.6 Å². The Kier molecular flexibility index (Phi) is 4.00. The van der Waals surface area contributed by atoms with E-state index in [2.05, 4.69) is 51.2 Å². The molecule has 0 saturated heterocycles. The van der Waals surface area contributed by atoms with Crippen molar-refractivity contribution < 1.29 is 0 Å². The van der Waals surface area contributed by atoms with Crippen LogP contribution in [-0.4, -0.2) is 19.3 Å². The number of benzene rings is 1. The van der Waals surface area contributed by atoms with Crippen LogP contribution in [0.3, 0.4) is 0 Å². The average Bonchev–Trinajstić information content (AvgIpc) is 3.16. The summed E-state index contributed by atoms with van der Waals surface area (Å²) < 4.78 is 4.06. The molecule has 2 heterocycles. The van der Waals surface area contributed by atoms with Gasteiger partial charge < -0.3 is 9.88 Å². The summed E-state index contributed by atoms with van der Waals surface area (Å²) in [5.74, 6) is 0. The van der Waals surface area contributed by atoms with Crippen molar-refractivity contribution in [2.75, 3.05) is 5.32 Å². The van der Waals surface area contributed by atoms with Gasteiger partial charge in [0.15, 0.2) is 0 Å². The topological polar surface area (TPSA) is 47.7 Å². The van der Waals surface area contributed by atoms with E-state index in [1.807, 2.05) is 29.5 Å². The van der Waals surface area contributed by atoms with Crippen LogP contribution < -0.4 is 5.32 Å². The fourth-order valence-corrected chi connectivity index (χ4v) is 2.36. The second kappa shape index (κ2) is 6.26. The van der Waals surface area contributed by atoms with E-state index in [1.54, 1.807) is 6.20 Å². The lowest BCUT2D eigenvalue weighted by atomic mass is 10.2. The number of nitrogens with one attached hydrogen (secondary N) is 1. The molecule has 1 N–H and O–H groups in total. The molecule has 5 nitrogen and oxygen atoms in total. The van der Waals surface area contributed by atoms with Crippen molar-refractivity contribution in [1.29, 1.82) is 0 Å². The minimum atomic E-state index is 0.780. The van der Waals surface area contributed by atoms with Gasteiger partial charge in [-0.15, -0.1) is 0 Å². The lowest BCUT2D eigenvalue weighted by Gasteiger charge is -2.10. The number of nitrogens with zero attached hydrogens (tertiary/aromatic N) is 4. The molecule has 0 aliphatic carbocycles. The van der Waals surface area contributed by atoms with Gasteiger partial charge in [-0.2, -0.15) is 5.10 Å². The summed E-state index contributed by atoms with van der Waals surface area (Å²) in [4.78, 5) is 4.07. The summed E-state index contributed by atoms with van der Waals surface area (Å²) >= 11 is 0. The number of hydrogen-bond acceptors (Lipinski definition) is 3. The van der Waals surface area contributed by atoms with Crippen molar-refractivity contribution in [1.82, 2.24) is 19.3 Å². The summed E-state index contributed by atoms with van der Waals surface area (Å²) in [5, 5.41) is 7.74. The average molecular weight is 281 g/mol. The van der Waals surface area contributed by atoms with Crippen LogP contribution in [0.15, 0.2) is 55.2 Å². The first-order valence-corrected chi connectivity index (χ1v) is 7.14. The molecule has 3 aromatic rings. The summed E-state index contributed by atoms with van der Waals surface area (Å²) in [6, 6.07) is 10.5. The van der Waals surface area contributed by atoms with E-state index in [1.165, 1.54) is 11.3 Å². The minimum absolute atomic E-state index is 0.780. The quantitative estimate of drug-likeness (QED) is 0.756. The highest BCUT2D eigenvalue weighted by atomic mass is 15.3. The maximum atomic E-state index is 4.28. The van der Waals surface area contributed by atoms with Gasteiger partial charge in [0, 0.05) is 37.4 Å². The zero-order valence-corrected chi connectivity index (χ0v) is 12.1. The SMILES string of the molecule is CCn1nccc1CNc1cccc(Cn2ccnc2)c1. The first kappa shape index (κ1) is 13.4. The molecular weight excluding hydrogens is 262 g/mol. The third-order valence-corrected chi connectivity index (χ3v) is 3.43. The predicted octanol–water partition coefficient (Wildman–Crippen LogP) is 2.76. The molecule has 0 aliphatic heterocycles. The Balaban J connectivity index is 1.66. The van der Waals surface area contributed by atoms with Crippen molar-refractivity contribution in [2.45, 2.75) is 26.6 Å². The number of rotatable bonds is 6. The molecule has 5 heteroatoms. The summed E-state index contributed by atoms with van der Waals surface area (Å²) in [5.41, 5.74) is 3.57. The fourth-order valence-electron chi connectivity index (χ4n) is 2.36. The molecule has 1 aromatic carbocycles. The van der Waals surface area contributed by atoms with Gasteiger partial charge in [-0.05, 0) is 30.7 Å². The Hall–Kier alpha value is -2.56. The van der Waals surface area contributed by atoms with Gasteiger partial charge in [-0.1, -0.05) is 12.1 Å². The van der Waals surface area contributed by atoms with Gasteiger partial charge in [0.2, 0.25) is 0 Å². The monoisotopic (exact) mass is 281 g/mol. The highest BCUT2D eigenvalue weighted by Crippen LogP contribution is 2.13. The Labute approximate surface area is 124 Å². The number of anilines is 1. The molecule has 0 amide bonds. The Morgan fingerprint density at radius 1 is 1.19 bits per heavy atom. The van der Waals surface area contributed by atoms with Crippen molar-refractivity contribution in [3.63, 3.8) is 0 Å². The standard InChI is InChI=1S/C16H19N5/c1-2-21-16(6-7-19-21)11-18-15-5-3-4-14(10-15)12-20-9-8-17-13-20/h3-10,13,18H,2,11-12H2,1H3. The lowest BCUT2D eigenvalue weighted by molar-refractivity contribution is 0.627. The van der Waals surface area contributed by atoms with Crippen LogP contribution in [0.1, 0.15) is 18.2 Å². The van der Waals surface area contributed by atoms with Crippen molar-refractivity contribution in [2.24, 2.45) is 0 Å².